The lowest BCUT2D eigenvalue weighted by molar-refractivity contribution is -0.278. The van der Waals surface area contributed by atoms with Crippen LogP contribution in [0.15, 0.2) is 122 Å². The molecule has 0 radical (unpaired) electrons. The highest BCUT2D eigenvalue weighted by Crippen LogP contribution is 2.39. The molecule has 7 N–H and O–H groups in total. The molecule has 3 heterocycles. The lowest BCUT2D eigenvalue weighted by Crippen LogP contribution is -2.60. The van der Waals surface area contributed by atoms with Crippen molar-refractivity contribution in [3.63, 3.8) is 0 Å². The molecule has 354 valence electrons. The molecule has 0 amide bonds. The maximum atomic E-state index is 13.5. The summed E-state index contributed by atoms with van der Waals surface area (Å²) in [7, 11) is 6.14. The summed E-state index contributed by atoms with van der Waals surface area (Å²) < 4.78 is 49.4. The molecule has 1 aliphatic rings. The highest BCUT2D eigenvalue weighted by molar-refractivity contribution is 5.89. The average molecular weight is 937 g/mol. The van der Waals surface area contributed by atoms with Crippen molar-refractivity contribution in [2.24, 2.45) is 0 Å². The van der Waals surface area contributed by atoms with E-state index < -0.39 is 66.0 Å². The van der Waals surface area contributed by atoms with Crippen LogP contribution in [0.3, 0.4) is 0 Å². The normalized spacial score (nSPS) is 17.8. The summed E-state index contributed by atoms with van der Waals surface area (Å²) in [5.41, 5.74) is 0.513. The highest BCUT2D eigenvalue weighted by atomic mass is 16.7. The zero-order valence-corrected chi connectivity index (χ0v) is 36.5. The van der Waals surface area contributed by atoms with Crippen molar-refractivity contribution in [2.45, 2.75) is 30.7 Å². The molecule has 0 unspecified atom stereocenters. The smallest absolute Gasteiger partial charge is 0.330 e. The van der Waals surface area contributed by atoms with Crippen LogP contribution in [0.25, 0.3) is 50.7 Å². The van der Waals surface area contributed by atoms with Crippen LogP contribution >= 0.6 is 0 Å². The maximum Gasteiger partial charge on any atom is 0.330 e. The van der Waals surface area contributed by atoms with E-state index >= 15 is 0 Å². The molecule has 1 fully saturated rings. The number of phenolic OH excluding ortho intramolecular Hbond substituents is 4. The zero-order chi connectivity index (χ0) is 48.8. The number of ether oxygens (including phenoxy) is 7. The monoisotopic (exact) mass is 936 g/mol. The fourth-order valence-corrected chi connectivity index (χ4v) is 7.07. The summed E-state index contributed by atoms with van der Waals surface area (Å²) in [5.74, 6) is -0.308. The van der Waals surface area contributed by atoms with E-state index in [1.54, 1.807) is 56.7 Å². The van der Waals surface area contributed by atoms with Gasteiger partial charge in [-0.1, -0.05) is 12.1 Å². The van der Waals surface area contributed by atoms with Gasteiger partial charge >= 0.3 is 5.97 Å². The van der Waals surface area contributed by atoms with Gasteiger partial charge in [-0.05, 0) is 78.4 Å². The number of carbonyl (C=O) groups is 1. The highest BCUT2D eigenvalue weighted by Gasteiger charge is 2.46. The molecule has 7 aromatic rings. The number of aromatic hydroxyl groups is 4. The largest absolute Gasteiger partial charge is 0.508 e. The van der Waals surface area contributed by atoms with Crippen molar-refractivity contribution in [3.05, 3.63) is 129 Å². The molecule has 5 aromatic carbocycles. The van der Waals surface area contributed by atoms with Gasteiger partial charge in [0.15, 0.2) is 34.0 Å². The Kier molecular flexibility index (Phi) is 14.4. The molecule has 1 saturated heterocycles. The summed E-state index contributed by atoms with van der Waals surface area (Å²) in [4.78, 5) is 38.3. The van der Waals surface area contributed by atoms with Crippen molar-refractivity contribution in [1.29, 1.82) is 0 Å². The molecule has 68 heavy (non-hydrogen) atoms. The topological polar surface area (TPSA) is 284 Å². The quantitative estimate of drug-likeness (QED) is 0.0611. The fourth-order valence-electron chi connectivity index (χ4n) is 7.07. The molecular weight excluding hydrogens is 893 g/mol. The Morgan fingerprint density at radius 3 is 1.96 bits per heavy atom. The first-order valence-electron chi connectivity index (χ1n) is 20.4. The standard InChI is InChI=1S/C30H26O13.C19H18O6/c31-16-6-1-14(2-7-16)3-10-22(35)40-13-21-24(36)26(38)27(39)30(42-21)43-29-25(37)23-19(34)11-18(33)12-20(23)41-28(29)15-4-8-17(32)9-5-15;1-21-14-7-5-11(9-17(14)23-3)16-10-13(20)12-6-8-15(22-2)19(24-4)18(12)25-16/h1-12,21,24,26-27,30-34,36,38-39H,13H2;5-10H,1-4H3/b10-3+;/t21-,24-,26+,27-,30+;/m1./s1. The third kappa shape index (κ3) is 10.1. The minimum Gasteiger partial charge on any atom is -0.508 e. The van der Waals surface area contributed by atoms with Gasteiger partial charge in [0.1, 0.15) is 70.8 Å². The second-order valence-electron chi connectivity index (χ2n) is 14.9. The number of methoxy groups -OCH3 is 4. The van der Waals surface area contributed by atoms with E-state index in [-0.39, 0.29) is 39.2 Å². The maximum absolute atomic E-state index is 13.5. The third-order valence-corrected chi connectivity index (χ3v) is 10.6. The van der Waals surface area contributed by atoms with Crippen molar-refractivity contribution in [2.75, 3.05) is 35.0 Å². The Bertz CT molecular complexity index is 3080. The molecule has 0 spiro atoms. The fraction of sp³-hybridized carbons (Fsp3) is 0.204. The first kappa shape index (κ1) is 47.7. The Balaban J connectivity index is 0.000000232. The van der Waals surface area contributed by atoms with Gasteiger partial charge < -0.3 is 77.7 Å². The first-order chi connectivity index (χ1) is 32.6. The second-order valence-corrected chi connectivity index (χ2v) is 14.9. The van der Waals surface area contributed by atoms with Crippen LogP contribution in [-0.2, 0) is 14.3 Å². The first-order valence-corrected chi connectivity index (χ1v) is 20.4. The van der Waals surface area contributed by atoms with E-state index in [0.717, 1.165) is 18.2 Å². The third-order valence-electron chi connectivity index (χ3n) is 10.6. The molecule has 8 rings (SSSR count). The Hall–Kier alpha value is -8.23. The van der Waals surface area contributed by atoms with Crippen LogP contribution in [-0.4, -0.2) is 107 Å². The second kappa shape index (κ2) is 20.5. The summed E-state index contributed by atoms with van der Waals surface area (Å²) in [6.07, 6.45) is -6.17. The van der Waals surface area contributed by atoms with Gasteiger partial charge in [0.05, 0.1) is 33.8 Å². The molecule has 5 atom stereocenters. The van der Waals surface area contributed by atoms with Crippen LogP contribution in [0.4, 0.5) is 0 Å². The lowest BCUT2D eigenvalue weighted by Gasteiger charge is -2.39. The summed E-state index contributed by atoms with van der Waals surface area (Å²) in [5, 5.41) is 71.0. The predicted molar refractivity (Wildman–Crippen MR) is 242 cm³/mol. The van der Waals surface area contributed by atoms with Gasteiger partial charge in [0, 0.05) is 35.4 Å². The van der Waals surface area contributed by atoms with Crippen LogP contribution < -0.4 is 34.5 Å². The Morgan fingerprint density at radius 2 is 1.29 bits per heavy atom. The van der Waals surface area contributed by atoms with Crippen molar-refractivity contribution in [1.82, 2.24) is 0 Å². The predicted octanol–water partition coefficient (Wildman–Crippen LogP) is 5.22. The molecule has 1 aliphatic heterocycles. The number of esters is 1. The molecular formula is C49H44O19. The number of rotatable bonds is 12. The van der Waals surface area contributed by atoms with Crippen LogP contribution in [0.5, 0.6) is 51.7 Å². The minimum absolute atomic E-state index is 0.0495. The summed E-state index contributed by atoms with van der Waals surface area (Å²) >= 11 is 0. The number of phenols is 4. The van der Waals surface area contributed by atoms with Gasteiger partial charge in [-0.3, -0.25) is 9.59 Å². The summed E-state index contributed by atoms with van der Waals surface area (Å²) in [6.45, 7) is -0.583. The number of hydrogen-bond donors (Lipinski definition) is 7. The number of benzene rings is 5. The van der Waals surface area contributed by atoms with Crippen molar-refractivity contribution < 1.29 is 82.5 Å². The van der Waals surface area contributed by atoms with Crippen molar-refractivity contribution in [3.8, 4) is 74.4 Å². The van der Waals surface area contributed by atoms with Gasteiger partial charge in [-0.2, -0.15) is 0 Å². The molecule has 0 saturated carbocycles. The van der Waals surface area contributed by atoms with Crippen molar-refractivity contribution >= 4 is 34.0 Å². The number of fused-ring (bicyclic) bond motifs is 2. The van der Waals surface area contributed by atoms with E-state index in [1.807, 2.05) is 0 Å². The van der Waals surface area contributed by atoms with E-state index in [1.165, 1.54) is 62.8 Å². The van der Waals surface area contributed by atoms with E-state index in [4.69, 9.17) is 42.0 Å². The number of aliphatic hydroxyl groups is 3. The number of aliphatic hydroxyl groups excluding tert-OH is 3. The molecule has 0 bridgehead atoms. The van der Waals surface area contributed by atoms with Gasteiger partial charge in [-0.15, -0.1) is 0 Å². The zero-order valence-electron chi connectivity index (χ0n) is 36.5. The SMILES string of the molecule is COc1ccc(-c2cc(=O)c3ccc(OC)c(OC)c3o2)cc1OC.O=C(/C=C/c1ccc(O)cc1)OC[C@H]1O[C@@H](Oc2c(-c3ccc(O)cc3)oc3cc(O)cc(O)c3c2=O)[C@H](O)[C@@H](O)[C@@H]1O. The number of hydrogen-bond acceptors (Lipinski definition) is 19. The summed E-state index contributed by atoms with van der Waals surface area (Å²) in [6, 6.07) is 23.4. The van der Waals surface area contributed by atoms with Crippen LogP contribution in [0.1, 0.15) is 5.56 Å². The van der Waals surface area contributed by atoms with E-state index in [2.05, 4.69) is 0 Å². The number of carbonyl (C=O) groups excluding carboxylic acids is 1. The Labute approximate surface area is 385 Å². The van der Waals surface area contributed by atoms with Crippen LogP contribution in [0, 0.1) is 0 Å². The Morgan fingerprint density at radius 1 is 0.647 bits per heavy atom. The molecule has 19 nitrogen and oxygen atoms in total. The molecule has 19 heteroatoms. The minimum atomic E-state index is -1.90. The van der Waals surface area contributed by atoms with E-state index in [0.29, 0.717) is 50.9 Å². The van der Waals surface area contributed by atoms with E-state index in [9.17, 15) is 50.1 Å². The molecule has 2 aromatic heterocycles. The lowest BCUT2D eigenvalue weighted by atomic mass is 9.99. The van der Waals surface area contributed by atoms with Crippen LogP contribution in [0.2, 0.25) is 0 Å². The van der Waals surface area contributed by atoms with Gasteiger partial charge in [-0.25, -0.2) is 4.79 Å². The average Bonchev–Trinajstić information content (AvgIpc) is 3.33. The van der Waals surface area contributed by atoms with Gasteiger partial charge in [0.25, 0.3) is 0 Å². The van der Waals surface area contributed by atoms with Gasteiger partial charge in [0.2, 0.25) is 23.2 Å². The molecule has 0 aliphatic carbocycles.